The van der Waals surface area contributed by atoms with Gasteiger partial charge in [0.1, 0.15) is 0 Å². The molecule has 0 saturated heterocycles. The second-order valence-electron chi connectivity index (χ2n) is 3.39. The highest BCUT2D eigenvalue weighted by Gasteiger charge is 2.14. The van der Waals surface area contributed by atoms with Gasteiger partial charge in [0, 0.05) is 27.1 Å². The van der Waals surface area contributed by atoms with Gasteiger partial charge in [0.05, 0.1) is 0 Å². The molecule has 0 aliphatic carbocycles. The largest absolute Gasteiger partial charge is 0.359 e. The van der Waals surface area contributed by atoms with Crippen LogP contribution in [0.1, 0.15) is 16.9 Å². The molecule has 0 atom stereocenters. The van der Waals surface area contributed by atoms with E-state index in [1.54, 1.807) is 14.1 Å². The zero-order chi connectivity index (χ0) is 12.8. The first-order chi connectivity index (χ1) is 8.04. The Hall–Kier alpha value is -1.69. The van der Waals surface area contributed by atoms with Gasteiger partial charge in [0.15, 0.2) is 10.8 Å². The Morgan fingerprint density at radius 1 is 1.41 bits per heavy atom. The highest BCUT2D eigenvalue weighted by molar-refractivity contribution is 6.29. The summed E-state index contributed by atoms with van der Waals surface area (Å²) in [6.45, 7) is 0.322. The van der Waals surface area contributed by atoms with Gasteiger partial charge in [0.2, 0.25) is 5.91 Å². The van der Waals surface area contributed by atoms with E-state index in [1.165, 1.54) is 17.0 Å². The fraction of sp³-hybridized carbons (Fsp3) is 0.400. The fourth-order valence-corrected chi connectivity index (χ4v) is 1.22. The quantitative estimate of drug-likeness (QED) is 0.843. The average Bonchev–Trinajstić information content (AvgIpc) is 2.35. The van der Waals surface area contributed by atoms with Gasteiger partial charge in [-0.25, -0.2) is 0 Å². The second kappa shape index (κ2) is 6.15. The number of carbonyl (C=O) groups excluding carboxylic acids is 2. The van der Waals surface area contributed by atoms with Crippen LogP contribution >= 0.6 is 11.6 Å². The summed E-state index contributed by atoms with van der Waals surface area (Å²) in [7, 11) is 3.15. The average molecular weight is 257 g/mol. The monoisotopic (exact) mass is 256 g/mol. The first-order valence-electron chi connectivity index (χ1n) is 5.00. The molecule has 0 bridgehead atoms. The Morgan fingerprint density at radius 3 is 2.65 bits per heavy atom. The van der Waals surface area contributed by atoms with Crippen molar-refractivity contribution in [3.8, 4) is 0 Å². The zero-order valence-electron chi connectivity index (χ0n) is 9.61. The lowest BCUT2D eigenvalue weighted by Gasteiger charge is -2.15. The van der Waals surface area contributed by atoms with Crippen molar-refractivity contribution in [1.82, 2.24) is 20.4 Å². The topological polar surface area (TPSA) is 75.2 Å². The maximum Gasteiger partial charge on any atom is 0.274 e. The van der Waals surface area contributed by atoms with Crippen molar-refractivity contribution in [3.05, 3.63) is 23.0 Å². The van der Waals surface area contributed by atoms with Crippen LogP contribution < -0.4 is 5.32 Å². The second-order valence-corrected chi connectivity index (χ2v) is 3.78. The number of nitrogens with one attached hydrogen (secondary N) is 1. The van der Waals surface area contributed by atoms with Crippen molar-refractivity contribution in [2.75, 3.05) is 20.6 Å². The van der Waals surface area contributed by atoms with Gasteiger partial charge in [0.25, 0.3) is 5.91 Å². The number of halogens is 1. The summed E-state index contributed by atoms with van der Waals surface area (Å²) in [6.07, 6.45) is 0.250. The summed E-state index contributed by atoms with van der Waals surface area (Å²) in [4.78, 5) is 24.2. The third kappa shape index (κ3) is 3.99. The number of amides is 2. The number of aromatic nitrogens is 2. The first kappa shape index (κ1) is 13.4. The van der Waals surface area contributed by atoms with Crippen LogP contribution in [0.15, 0.2) is 12.1 Å². The van der Waals surface area contributed by atoms with Crippen molar-refractivity contribution in [2.45, 2.75) is 6.42 Å². The summed E-state index contributed by atoms with van der Waals surface area (Å²) in [5.74, 6) is -0.412. The molecule has 17 heavy (non-hydrogen) atoms. The molecule has 0 aliphatic rings. The molecule has 0 aromatic carbocycles. The molecule has 1 heterocycles. The molecule has 0 aliphatic heterocycles. The van der Waals surface area contributed by atoms with E-state index in [0.717, 1.165) is 0 Å². The molecule has 1 N–H and O–H groups in total. The van der Waals surface area contributed by atoms with E-state index in [-0.39, 0.29) is 29.1 Å². The Morgan fingerprint density at radius 2 is 2.12 bits per heavy atom. The molecule has 1 aromatic rings. The lowest BCUT2D eigenvalue weighted by molar-refractivity contribution is -0.120. The highest BCUT2D eigenvalue weighted by atomic mass is 35.5. The van der Waals surface area contributed by atoms with Crippen molar-refractivity contribution in [1.29, 1.82) is 0 Å². The van der Waals surface area contributed by atoms with Gasteiger partial charge in [-0.15, -0.1) is 10.2 Å². The van der Waals surface area contributed by atoms with Crippen LogP contribution in [-0.2, 0) is 4.79 Å². The molecule has 0 radical (unpaired) electrons. The van der Waals surface area contributed by atoms with Crippen LogP contribution in [0.25, 0.3) is 0 Å². The zero-order valence-corrected chi connectivity index (χ0v) is 10.4. The maximum atomic E-state index is 11.8. The number of hydrogen-bond acceptors (Lipinski definition) is 4. The standard InChI is InChI=1S/C10H13ClN4O2/c1-12-9(16)5-6-15(2)10(17)7-3-4-8(11)14-13-7/h3-4H,5-6H2,1-2H3,(H,12,16). The molecule has 0 fully saturated rings. The molecule has 0 saturated carbocycles. The Balaban J connectivity index is 2.57. The van der Waals surface area contributed by atoms with Crippen LogP contribution in [0.2, 0.25) is 5.15 Å². The maximum absolute atomic E-state index is 11.8. The molecule has 0 spiro atoms. The molecule has 6 nitrogen and oxygen atoms in total. The lowest BCUT2D eigenvalue weighted by atomic mass is 10.3. The van der Waals surface area contributed by atoms with Crippen LogP contribution in [0.3, 0.4) is 0 Å². The van der Waals surface area contributed by atoms with Crippen molar-refractivity contribution in [3.63, 3.8) is 0 Å². The van der Waals surface area contributed by atoms with E-state index in [2.05, 4.69) is 15.5 Å². The summed E-state index contributed by atoms with van der Waals surface area (Å²) < 4.78 is 0. The van der Waals surface area contributed by atoms with Gasteiger partial charge in [-0.2, -0.15) is 0 Å². The molecule has 7 heteroatoms. The van der Waals surface area contributed by atoms with Gasteiger partial charge in [-0.3, -0.25) is 9.59 Å². The van der Waals surface area contributed by atoms with Crippen molar-refractivity contribution in [2.24, 2.45) is 0 Å². The van der Waals surface area contributed by atoms with Crippen LogP contribution in [-0.4, -0.2) is 47.6 Å². The summed E-state index contributed by atoms with van der Waals surface area (Å²) in [5, 5.41) is 9.97. The van der Waals surface area contributed by atoms with Gasteiger partial charge >= 0.3 is 0 Å². The first-order valence-corrected chi connectivity index (χ1v) is 5.37. The molecule has 92 valence electrons. The normalized spacial score (nSPS) is 9.82. The minimum absolute atomic E-state index is 0.119. The molecular formula is C10H13ClN4O2. The minimum atomic E-state index is -0.293. The molecular weight excluding hydrogens is 244 g/mol. The lowest BCUT2D eigenvalue weighted by Crippen LogP contribution is -2.32. The number of hydrogen-bond donors (Lipinski definition) is 1. The molecule has 0 unspecified atom stereocenters. The van der Waals surface area contributed by atoms with E-state index < -0.39 is 0 Å². The van der Waals surface area contributed by atoms with E-state index in [0.29, 0.717) is 6.54 Å². The Labute approximate surface area is 104 Å². The van der Waals surface area contributed by atoms with E-state index in [1.807, 2.05) is 0 Å². The van der Waals surface area contributed by atoms with E-state index in [4.69, 9.17) is 11.6 Å². The highest BCUT2D eigenvalue weighted by Crippen LogP contribution is 2.04. The van der Waals surface area contributed by atoms with Crippen LogP contribution in [0.4, 0.5) is 0 Å². The van der Waals surface area contributed by atoms with E-state index >= 15 is 0 Å². The summed E-state index contributed by atoms with van der Waals surface area (Å²) in [6, 6.07) is 2.99. The van der Waals surface area contributed by atoms with Gasteiger partial charge in [-0.05, 0) is 12.1 Å². The number of carbonyl (C=O) groups is 2. The Bertz CT molecular complexity index is 407. The summed E-state index contributed by atoms with van der Waals surface area (Å²) >= 11 is 5.57. The van der Waals surface area contributed by atoms with Crippen molar-refractivity contribution < 1.29 is 9.59 Å². The third-order valence-electron chi connectivity index (χ3n) is 2.15. The predicted octanol–water partition coefficient (Wildman–Crippen LogP) is 0.338. The van der Waals surface area contributed by atoms with E-state index in [9.17, 15) is 9.59 Å². The van der Waals surface area contributed by atoms with Crippen molar-refractivity contribution >= 4 is 23.4 Å². The predicted molar refractivity (Wildman–Crippen MR) is 62.7 cm³/mol. The number of rotatable bonds is 4. The third-order valence-corrected chi connectivity index (χ3v) is 2.35. The van der Waals surface area contributed by atoms with Gasteiger partial charge < -0.3 is 10.2 Å². The summed E-state index contributed by atoms with van der Waals surface area (Å²) in [5.41, 5.74) is 0.203. The molecule has 1 aromatic heterocycles. The smallest absolute Gasteiger partial charge is 0.274 e. The van der Waals surface area contributed by atoms with Crippen LogP contribution in [0.5, 0.6) is 0 Å². The molecule has 1 rings (SSSR count). The Kier molecular flexibility index (Phi) is 4.84. The fourth-order valence-electron chi connectivity index (χ4n) is 1.12. The van der Waals surface area contributed by atoms with Crippen LogP contribution in [0, 0.1) is 0 Å². The van der Waals surface area contributed by atoms with Gasteiger partial charge in [-0.1, -0.05) is 11.6 Å². The minimum Gasteiger partial charge on any atom is -0.359 e. The number of nitrogens with zero attached hydrogens (tertiary/aromatic N) is 3. The SMILES string of the molecule is CNC(=O)CCN(C)C(=O)c1ccc(Cl)nn1. The molecule has 2 amide bonds.